The molecule has 0 bridgehead atoms. The van der Waals surface area contributed by atoms with E-state index in [0.717, 1.165) is 21.3 Å². The van der Waals surface area contributed by atoms with Crippen molar-refractivity contribution in [2.75, 3.05) is 13.2 Å². The summed E-state index contributed by atoms with van der Waals surface area (Å²) in [6.07, 6.45) is 1.75. The Bertz CT molecular complexity index is 1530. The number of thiophene rings is 1. The number of ether oxygens (including phenoxy) is 2. The SMILES string of the molecule is CCOc1ccc(Cn2c(SCc3ccccc3)nc3c(sc4ncccc43)c2=O)cc1OCC. The first-order valence-corrected chi connectivity index (χ1v) is 13.3. The highest BCUT2D eigenvalue weighted by Gasteiger charge is 2.18. The zero-order chi connectivity index (χ0) is 24.2. The van der Waals surface area contributed by atoms with Crippen LogP contribution < -0.4 is 15.0 Å². The normalized spacial score (nSPS) is 11.3. The van der Waals surface area contributed by atoms with Crippen molar-refractivity contribution < 1.29 is 9.47 Å². The van der Waals surface area contributed by atoms with Gasteiger partial charge in [-0.2, -0.15) is 0 Å². The molecule has 178 valence electrons. The molecule has 0 aliphatic rings. The number of pyridine rings is 1. The topological polar surface area (TPSA) is 66.2 Å². The van der Waals surface area contributed by atoms with Gasteiger partial charge in [-0.15, -0.1) is 11.3 Å². The predicted octanol–water partition coefficient (Wildman–Crippen LogP) is 6.14. The Labute approximate surface area is 211 Å². The Morgan fingerprint density at radius 2 is 1.74 bits per heavy atom. The first-order valence-electron chi connectivity index (χ1n) is 11.5. The maximum absolute atomic E-state index is 13.8. The molecule has 0 fully saturated rings. The van der Waals surface area contributed by atoms with Gasteiger partial charge in [0.05, 0.1) is 25.3 Å². The van der Waals surface area contributed by atoms with Crippen LogP contribution in [0, 0.1) is 0 Å². The van der Waals surface area contributed by atoms with Gasteiger partial charge in [0.15, 0.2) is 16.7 Å². The van der Waals surface area contributed by atoms with Crippen LogP contribution >= 0.6 is 23.1 Å². The number of aromatic nitrogens is 3. The molecule has 0 atom stereocenters. The fourth-order valence-electron chi connectivity index (χ4n) is 3.89. The Hall–Kier alpha value is -3.36. The highest BCUT2D eigenvalue weighted by molar-refractivity contribution is 7.98. The van der Waals surface area contributed by atoms with Gasteiger partial charge in [0, 0.05) is 17.3 Å². The van der Waals surface area contributed by atoms with Gasteiger partial charge in [-0.25, -0.2) is 9.97 Å². The minimum Gasteiger partial charge on any atom is -0.490 e. The van der Waals surface area contributed by atoms with Crippen LogP contribution in [0.25, 0.3) is 20.4 Å². The summed E-state index contributed by atoms with van der Waals surface area (Å²) in [5.74, 6) is 2.10. The lowest BCUT2D eigenvalue weighted by molar-refractivity contribution is 0.287. The van der Waals surface area contributed by atoms with E-state index in [1.54, 1.807) is 22.5 Å². The fraction of sp³-hybridized carbons (Fsp3) is 0.222. The molecular weight excluding hydrogens is 478 g/mol. The Kier molecular flexibility index (Phi) is 7.01. The lowest BCUT2D eigenvalue weighted by Crippen LogP contribution is -2.23. The molecule has 0 N–H and O–H groups in total. The van der Waals surface area contributed by atoms with Crippen LogP contribution in [-0.2, 0) is 12.3 Å². The Morgan fingerprint density at radius 3 is 2.54 bits per heavy atom. The molecule has 35 heavy (non-hydrogen) atoms. The highest BCUT2D eigenvalue weighted by Crippen LogP contribution is 2.33. The third-order valence-electron chi connectivity index (χ3n) is 5.48. The zero-order valence-electron chi connectivity index (χ0n) is 19.6. The summed E-state index contributed by atoms with van der Waals surface area (Å²) < 4.78 is 13.9. The van der Waals surface area contributed by atoms with E-state index in [0.29, 0.717) is 46.9 Å². The van der Waals surface area contributed by atoms with Crippen molar-refractivity contribution in [1.29, 1.82) is 0 Å². The van der Waals surface area contributed by atoms with E-state index >= 15 is 0 Å². The van der Waals surface area contributed by atoms with Gasteiger partial charge >= 0.3 is 0 Å². The standard InChI is InChI=1S/C27H25N3O3S2/c1-3-32-21-13-12-19(15-22(21)33-4-2)16-30-26(31)24-23(20-11-8-14-28-25(20)35-24)29-27(30)34-17-18-9-6-5-7-10-18/h5-15H,3-4,16-17H2,1-2H3. The van der Waals surface area contributed by atoms with Gasteiger partial charge < -0.3 is 9.47 Å². The summed E-state index contributed by atoms with van der Waals surface area (Å²) in [7, 11) is 0. The molecule has 6 nitrogen and oxygen atoms in total. The van der Waals surface area contributed by atoms with E-state index < -0.39 is 0 Å². The van der Waals surface area contributed by atoms with E-state index in [9.17, 15) is 4.79 Å². The number of hydrogen-bond acceptors (Lipinski definition) is 7. The first kappa shape index (κ1) is 23.4. The van der Waals surface area contributed by atoms with Crippen molar-refractivity contribution in [3.8, 4) is 11.5 Å². The molecule has 8 heteroatoms. The summed E-state index contributed by atoms with van der Waals surface area (Å²) in [4.78, 5) is 24.0. The van der Waals surface area contributed by atoms with E-state index in [1.807, 2.05) is 62.4 Å². The largest absolute Gasteiger partial charge is 0.490 e. The average Bonchev–Trinajstić information content (AvgIpc) is 3.26. The molecule has 0 aliphatic carbocycles. The molecule has 0 unspecified atom stereocenters. The van der Waals surface area contributed by atoms with Gasteiger partial charge in [-0.05, 0) is 49.2 Å². The Morgan fingerprint density at radius 1 is 0.943 bits per heavy atom. The van der Waals surface area contributed by atoms with Crippen LogP contribution in [0.1, 0.15) is 25.0 Å². The van der Waals surface area contributed by atoms with Crippen molar-refractivity contribution >= 4 is 43.5 Å². The molecule has 0 saturated heterocycles. The second-order valence-electron chi connectivity index (χ2n) is 7.84. The van der Waals surface area contributed by atoms with Crippen LogP contribution in [0.2, 0.25) is 0 Å². The van der Waals surface area contributed by atoms with Crippen LogP contribution in [-0.4, -0.2) is 27.7 Å². The van der Waals surface area contributed by atoms with Crippen molar-refractivity contribution in [3.63, 3.8) is 0 Å². The third kappa shape index (κ3) is 4.90. The quantitative estimate of drug-likeness (QED) is 0.178. The number of benzene rings is 2. The van der Waals surface area contributed by atoms with Gasteiger partial charge in [0.1, 0.15) is 9.53 Å². The molecule has 0 spiro atoms. The summed E-state index contributed by atoms with van der Waals surface area (Å²) in [6, 6.07) is 19.9. The summed E-state index contributed by atoms with van der Waals surface area (Å²) in [5.41, 5.74) is 2.79. The highest BCUT2D eigenvalue weighted by atomic mass is 32.2. The van der Waals surface area contributed by atoms with Gasteiger partial charge in [0.25, 0.3) is 5.56 Å². The maximum Gasteiger partial charge on any atom is 0.272 e. The van der Waals surface area contributed by atoms with Crippen molar-refractivity contribution in [2.45, 2.75) is 31.3 Å². The van der Waals surface area contributed by atoms with Crippen molar-refractivity contribution in [3.05, 3.63) is 88.3 Å². The van der Waals surface area contributed by atoms with Crippen LogP contribution in [0.3, 0.4) is 0 Å². The van der Waals surface area contributed by atoms with E-state index in [4.69, 9.17) is 14.5 Å². The monoisotopic (exact) mass is 503 g/mol. The molecule has 3 aromatic heterocycles. The Balaban J connectivity index is 1.60. The number of thioether (sulfide) groups is 1. The number of fused-ring (bicyclic) bond motifs is 3. The van der Waals surface area contributed by atoms with Crippen molar-refractivity contribution in [1.82, 2.24) is 14.5 Å². The van der Waals surface area contributed by atoms with Crippen LogP contribution in [0.5, 0.6) is 11.5 Å². The van der Waals surface area contributed by atoms with E-state index in [-0.39, 0.29) is 5.56 Å². The molecule has 0 aliphatic heterocycles. The lowest BCUT2D eigenvalue weighted by Gasteiger charge is -2.15. The zero-order valence-corrected chi connectivity index (χ0v) is 21.2. The smallest absolute Gasteiger partial charge is 0.272 e. The lowest BCUT2D eigenvalue weighted by atomic mass is 10.2. The number of nitrogens with zero attached hydrogens (tertiary/aromatic N) is 3. The summed E-state index contributed by atoms with van der Waals surface area (Å²) >= 11 is 2.96. The summed E-state index contributed by atoms with van der Waals surface area (Å²) in [6.45, 7) is 5.36. The second kappa shape index (κ2) is 10.5. The van der Waals surface area contributed by atoms with E-state index in [1.165, 1.54) is 16.9 Å². The minimum absolute atomic E-state index is 0.0552. The minimum atomic E-state index is -0.0552. The molecule has 5 aromatic rings. The number of hydrogen-bond donors (Lipinski definition) is 0. The average molecular weight is 504 g/mol. The second-order valence-corrected chi connectivity index (χ2v) is 9.78. The van der Waals surface area contributed by atoms with Gasteiger partial charge in [0.2, 0.25) is 0 Å². The van der Waals surface area contributed by atoms with Crippen LogP contribution in [0.4, 0.5) is 0 Å². The van der Waals surface area contributed by atoms with Crippen LogP contribution in [0.15, 0.2) is 76.8 Å². The summed E-state index contributed by atoms with van der Waals surface area (Å²) in [5, 5.41) is 1.60. The molecule has 0 amide bonds. The van der Waals surface area contributed by atoms with Gasteiger partial charge in [-0.3, -0.25) is 9.36 Å². The van der Waals surface area contributed by atoms with Crippen molar-refractivity contribution in [2.24, 2.45) is 0 Å². The molecule has 3 heterocycles. The molecule has 2 aromatic carbocycles. The molecule has 0 radical (unpaired) electrons. The van der Waals surface area contributed by atoms with Gasteiger partial charge in [-0.1, -0.05) is 48.2 Å². The fourth-order valence-corrected chi connectivity index (χ4v) is 5.87. The first-order chi connectivity index (χ1) is 17.2. The maximum atomic E-state index is 13.8. The molecule has 0 saturated carbocycles. The molecule has 5 rings (SSSR count). The predicted molar refractivity (Wildman–Crippen MR) is 143 cm³/mol. The van der Waals surface area contributed by atoms with E-state index in [2.05, 4.69) is 17.1 Å². The number of rotatable bonds is 9. The third-order valence-corrected chi connectivity index (χ3v) is 7.62. The molecular formula is C27H25N3O3S2.